The lowest BCUT2D eigenvalue weighted by Gasteiger charge is -2.29. The smallest absolute Gasteiger partial charge is 0.150 e. The van der Waals surface area contributed by atoms with Crippen LogP contribution in [0.1, 0.15) is 28.2 Å². The summed E-state index contributed by atoms with van der Waals surface area (Å²) in [6.45, 7) is 2.06. The van der Waals surface area contributed by atoms with Crippen molar-refractivity contribution in [3.8, 4) is 5.75 Å². The van der Waals surface area contributed by atoms with Crippen molar-refractivity contribution in [3.63, 3.8) is 0 Å². The standard InChI is InChI=1S/C23H18O2/c1-16-11-13-17(14-12-16)22-19-9-5-6-10-21(19)25-23(20(22)15-24)18-7-3-2-4-8-18/h2-15,22H,1H3/t22-/m1/s1. The fraction of sp³-hybridized carbons (Fsp3) is 0.0870. The first-order valence-corrected chi connectivity index (χ1v) is 8.36. The molecule has 0 aliphatic carbocycles. The van der Waals surface area contributed by atoms with Crippen molar-refractivity contribution in [1.29, 1.82) is 0 Å². The van der Waals surface area contributed by atoms with Gasteiger partial charge in [0.15, 0.2) is 6.29 Å². The van der Waals surface area contributed by atoms with Crippen molar-refractivity contribution in [1.82, 2.24) is 0 Å². The Kier molecular flexibility index (Phi) is 3.95. The van der Waals surface area contributed by atoms with E-state index in [1.807, 2.05) is 54.6 Å². The van der Waals surface area contributed by atoms with Gasteiger partial charge in [-0.15, -0.1) is 0 Å². The average molecular weight is 326 g/mol. The summed E-state index contributed by atoms with van der Waals surface area (Å²) in [6, 6.07) is 26.1. The first-order chi connectivity index (χ1) is 12.3. The Hall–Kier alpha value is -3.13. The molecule has 0 bridgehead atoms. The van der Waals surface area contributed by atoms with E-state index >= 15 is 0 Å². The van der Waals surface area contributed by atoms with Crippen molar-refractivity contribution in [2.24, 2.45) is 0 Å². The second-order valence-corrected chi connectivity index (χ2v) is 6.25. The Morgan fingerprint density at radius 2 is 1.52 bits per heavy atom. The van der Waals surface area contributed by atoms with Crippen LogP contribution in [-0.2, 0) is 4.79 Å². The summed E-state index contributed by atoms with van der Waals surface area (Å²) in [7, 11) is 0. The van der Waals surface area contributed by atoms with Crippen LogP contribution in [0.25, 0.3) is 5.76 Å². The Morgan fingerprint density at radius 1 is 0.840 bits per heavy atom. The van der Waals surface area contributed by atoms with Crippen LogP contribution < -0.4 is 4.74 Å². The minimum absolute atomic E-state index is 0.127. The molecule has 2 heteroatoms. The highest BCUT2D eigenvalue weighted by atomic mass is 16.5. The second-order valence-electron chi connectivity index (χ2n) is 6.25. The van der Waals surface area contributed by atoms with E-state index in [0.29, 0.717) is 11.3 Å². The minimum atomic E-state index is -0.127. The quantitative estimate of drug-likeness (QED) is 0.624. The SMILES string of the molecule is Cc1ccc([C@H]2C(C=O)=C(c3ccccc3)Oc3ccccc32)cc1. The molecule has 0 unspecified atom stereocenters. The first-order valence-electron chi connectivity index (χ1n) is 8.36. The van der Waals surface area contributed by atoms with Crippen LogP contribution in [0.4, 0.5) is 0 Å². The molecular weight excluding hydrogens is 308 g/mol. The van der Waals surface area contributed by atoms with E-state index in [-0.39, 0.29) is 5.92 Å². The lowest BCUT2D eigenvalue weighted by atomic mass is 9.81. The third-order valence-electron chi connectivity index (χ3n) is 4.59. The van der Waals surface area contributed by atoms with Crippen LogP contribution in [0.15, 0.2) is 84.4 Å². The molecular formula is C23H18O2. The van der Waals surface area contributed by atoms with Crippen LogP contribution in [-0.4, -0.2) is 6.29 Å². The summed E-state index contributed by atoms with van der Waals surface area (Å²) in [5.41, 5.74) is 4.89. The average Bonchev–Trinajstić information content (AvgIpc) is 2.68. The molecule has 1 aliphatic heterocycles. The van der Waals surface area contributed by atoms with Gasteiger partial charge in [0.05, 0.1) is 0 Å². The highest BCUT2D eigenvalue weighted by Gasteiger charge is 2.31. The Bertz CT molecular complexity index is 937. The molecule has 0 spiro atoms. The monoisotopic (exact) mass is 326 g/mol. The van der Waals surface area contributed by atoms with Crippen LogP contribution in [0, 0.1) is 6.92 Å². The van der Waals surface area contributed by atoms with Crippen molar-refractivity contribution in [2.75, 3.05) is 0 Å². The Labute approximate surface area is 147 Å². The Morgan fingerprint density at radius 3 is 2.24 bits per heavy atom. The topological polar surface area (TPSA) is 26.3 Å². The van der Waals surface area contributed by atoms with Crippen molar-refractivity contribution >= 4 is 12.0 Å². The molecule has 25 heavy (non-hydrogen) atoms. The largest absolute Gasteiger partial charge is 0.456 e. The van der Waals surface area contributed by atoms with Gasteiger partial charge in [0.1, 0.15) is 11.5 Å². The van der Waals surface area contributed by atoms with Gasteiger partial charge in [0, 0.05) is 22.6 Å². The van der Waals surface area contributed by atoms with Crippen molar-refractivity contribution in [2.45, 2.75) is 12.8 Å². The molecule has 0 amide bonds. The van der Waals surface area contributed by atoms with E-state index in [1.165, 1.54) is 5.56 Å². The molecule has 1 atom stereocenters. The number of aldehydes is 1. The van der Waals surface area contributed by atoms with Crippen LogP contribution in [0.2, 0.25) is 0 Å². The van der Waals surface area contributed by atoms with Gasteiger partial charge in [0.2, 0.25) is 0 Å². The Balaban J connectivity index is 1.95. The van der Waals surface area contributed by atoms with Crippen LogP contribution in [0.5, 0.6) is 5.75 Å². The predicted molar refractivity (Wildman–Crippen MR) is 99.5 cm³/mol. The molecule has 1 heterocycles. The summed E-state index contributed by atoms with van der Waals surface area (Å²) in [6.07, 6.45) is 0.933. The summed E-state index contributed by atoms with van der Waals surface area (Å²) in [4.78, 5) is 12.1. The minimum Gasteiger partial charge on any atom is -0.456 e. The molecule has 0 saturated heterocycles. The van der Waals surface area contributed by atoms with Gasteiger partial charge in [-0.3, -0.25) is 4.79 Å². The number of para-hydroxylation sites is 1. The molecule has 0 fully saturated rings. The maximum atomic E-state index is 12.1. The van der Waals surface area contributed by atoms with E-state index < -0.39 is 0 Å². The number of aryl methyl sites for hydroxylation is 1. The summed E-state index contributed by atoms with van der Waals surface area (Å²) < 4.78 is 6.15. The number of carbonyl (C=O) groups excluding carboxylic acids is 1. The molecule has 0 radical (unpaired) electrons. The highest BCUT2D eigenvalue weighted by Crippen LogP contribution is 2.44. The zero-order chi connectivity index (χ0) is 17.2. The third kappa shape index (κ3) is 2.76. The van der Waals surface area contributed by atoms with Gasteiger partial charge >= 0.3 is 0 Å². The van der Waals surface area contributed by atoms with Gasteiger partial charge in [-0.25, -0.2) is 0 Å². The number of fused-ring (bicyclic) bond motifs is 1. The zero-order valence-electron chi connectivity index (χ0n) is 14.0. The summed E-state index contributed by atoms with van der Waals surface area (Å²) >= 11 is 0. The molecule has 122 valence electrons. The van der Waals surface area contributed by atoms with Gasteiger partial charge in [0.25, 0.3) is 0 Å². The fourth-order valence-corrected chi connectivity index (χ4v) is 3.33. The fourth-order valence-electron chi connectivity index (χ4n) is 3.33. The molecule has 0 aromatic heterocycles. The maximum absolute atomic E-state index is 12.1. The van der Waals surface area contributed by atoms with Gasteiger partial charge < -0.3 is 4.74 Å². The molecule has 3 aromatic carbocycles. The van der Waals surface area contributed by atoms with Gasteiger partial charge in [-0.2, -0.15) is 0 Å². The molecule has 4 rings (SSSR count). The van der Waals surface area contributed by atoms with E-state index in [4.69, 9.17) is 4.74 Å². The van der Waals surface area contributed by atoms with Crippen LogP contribution >= 0.6 is 0 Å². The number of hydrogen-bond acceptors (Lipinski definition) is 2. The molecule has 0 saturated carbocycles. The third-order valence-corrected chi connectivity index (χ3v) is 4.59. The summed E-state index contributed by atoms with van der Waals surface area (Å²) in [5.74, 6) is 1.32. The number of benzene rings is 3. The van der Waals surface area contributed by atoms with Crippen molar-refractivity contribution < 1.29 is 9.53 Å². The normalized spacial score (nSPS) is 16.1. The van der Waals surface area contributed by atoms with Crippen LogP contribution in [0.3, 0.4) is 0 Å². The maximum Gasteiger partial charge on any atom is 0.150 e. The van der Waals surface area contributed by atoms with E-state index in [2.05, 4.69) is 31.2 Å². The molecule has 3 aromatic rings. The zero-order valence-corrected chi connectivity index (χ0v) is 14.0. The number of allylic oxidation sites excluding steroid dienone is 1. The highest BCUT2D eigenvalue weighted by molar-refractivity contribution is 5.91. The van der Waals surface area contributed by atoms with E-state index in [9.17, 15) is 4.79 Å². The van der Waals surface area contributed by atoms with E-state index in [0.717, 1.165) is 28.7 Å². The molecule has 0 N–H and O–H groups in total. The van der Waals surface area contributed by atoms with E-state index in [1.54, 1.807) is 0 Å². The lowest BCUT2D eigenvalue weighted by molar-refractivity contribution is -0.105. The van der Waals surface area contributed by atoms with Gasteiger partial charge in [-0.1, -0.05) is 78.4 Å². The number of carbonyl (C=O) groups is 1. The first kappa shape index (κ1) is 15.4. The van der Waals surface area contributed by atoms with Gasteiger partial charge in [-0.05, 0) is 18.6 Å². The number of rotatable bonds is 3. The number of ether oxygens (including phenoxy) is 1. The second kappa shape index (κ2) is 6.40. The lowest BCUT2D eigenvalue weighted by Crippen LogP contribution is -2.17. The molecule has 1 aliphatic rings. The summed E-state index contributed by atoms with van der Waals surface area (Å²) in [5, 5.41) is 0. The predicted octanol–water partition coefficient (Wildman–Crippen LogP) is 5.13. The number of hydrogen-bond donors (Lipinski definition) is 0. The molecule has 2 nitrogen and oxygen atoms in total. The van der Waals surface area contributed by atoms with Crippen molar-refractivity contribution in [3.05, 3.63) is 107 Å².